The fraction of sp³-hybridized carbons (Fsp3) is 0.600. The second-order valence-electron chi connectivity index (χ2n) is 5.90. The molecule has 4 heteroatoms. The fourth-order valence-electron chi connectivity index (χ4n) is 3.63. The van der Waals surface area contributed by atoms with Gasteiger partial charge in [0, 0.05) is 11.1 Å². The molecule has 0 aromatic heterocycles. The Hall–Kier alpha value is -0.110. The first kappa shape index (κ1) is 13.9. The van der Waals surface area contributed by atoms with Gasteiger partial charge in [-0.1, -0.05) is 54.1 Å². The summed E-state index contributed by atoms with van der Waals surface area (Å²) in [6, 6.07) is 4.02. The Kier molecular flexibility index (Phi) is 3.90. The highest BCUT2D eigenvalue weighted by atomic mass is 35.5. The van der Waals surface area contributed by atoms with Crippen LogP contribution in [0.25, 0.3) is 0 Å². The van der Waals surface area contributed by atoms with E-state index >= 15 is 0 Å². The van der Waals surface area contributed by atoms with Crippen molar-refractivity contribution in [1.29, 1.82) is 0 Å². The van der Waals surface area contributed by atoms with E-state index in [1.165, 1.54) is 44.9 Å². The Balaban J connectivity index is 1.79. The van der Waals surface area contributed by atoms with Crippen molar-refractivity contribution >= 4 is 40.5 Å². The minimum absolute atomic E-state index is 0.491. The van der Waals surface area contributed by atoms with E-state index in [0.29, 0.717) is 26.5 Å². The van der Waals surface area contributed by atoms with Gasteiger partial charge in [-0.05, 0) is 43.2 Å². The number of nitrogens with one attached hydrogen (secondary N) is 1. The van der Waals surface area contributed by atoms with Crippen LogP contribution in [0.15, 0.2) is 12.1 Å². The molecular formula is C15H18Cl3N. The predicted octanol–water partition coefficient (Wildman–Crippen LogP) is 6.17. The molecule has 2 aliphatic rings. The maximum atomic E-state index is 6.26. The molecule has 1 atom stereocenters. The van der Waals surface area contributed by atoms with E-state index in [2.05, 4.69) is 5.32 Å². The second-order valence-corrected chi connectivity index (χ2v) is 7.15. The third-order valence-corrected chi connectivity index (χ3v) is 5.66. The lowest BCUT2D eigenvalue weighted by atomic mass is 9.57. The topological polar surface area (TPSA) is 12.0 Å². The summed E-state index contributed by atoms with van der Waals surface area (Å²) in [7, 11) is 0. The zero-order valence-electron chi connectivity index (χ0n) is 10.8. The quantitative estimate of drug-likeness (QED) is 0.687. The fourth-order valence-corrected chi connectivity index (χ4v) is 4.56. The summed E-state index contributed by atoms with van der Waals surface area (Å²) in [6.07, 6.45) is 9.35. The summed E-state index contributed by atoms with van der Waals surface area (Å²) < 4.78 is 0. The first-order chi connectivity index (χ1) is 9.11. The molecule has 1 spiro atoms. The lowest BCUT2D eigenvalue weighted by molar-refractivity contribution is 0.0571. The number of hydrogen-bond acceptors (Lipinski definition) is 1. The van der Waals surface area contributed by atoms with Crippen LogP contribution in [-0.4, -0.2) is 6.04 Å². The Morgan fingerprint density at radius 1 is 0.947 bits per heavy atom. The molecule has 1 aromatic carbocycles. The molecule has 0 bridgehead atoms. The maximum Gasteiger partial charge on any atom is 0.0722 e. The predicted molar refractivity (Wildman–Crippen MR) is 83.6 cm³/mol. The van der Waals surface area contributed by atoms with Crippen LogP contribution in [0.2, 0.25) is 15.1 Å². The smallest absolute Gasteiger partial charge is 0.0722 e. The molecule has 0 aliphatic heterocycles. The summed E-state index contributed by atoms with van der Waals surface area (Å²) in [4.78, 5) is 0. The van der Waals surface area contributed by atoms with E-state index in [4.69, 9.17) is 34.8 Å². The van der Waals surface area contributed by atoms with Gasteiger partial charge in [-0.3, -0.25) is 0 Å². The Labute approximate surface area is 129 Å². The van der Waals surface area contributed by atoms with E-state index in [1.54, 1.807) is 12.1 Å². The van der Waals surface area contributed by atoms with Gasteiger partial charge in [-0.15, -0.1) is 0 Å². The van der Waals surface area contributed by atoms with Gasteiger partial charge in [0.1, 0.15) is 0 Å². The molecule has 0 amide bonds. The molecule has 0 saturated heterocycles. The van der Waals surface area contributed by atoms with E-state index in [0.717, 1.165) is 5.69 Å². The number of rotatable bonds is 2. The highest BCUT2D eigenvalue weighted by molar-refractivity contribution is 6.41. The molecule has 104 valence electrons. The van der Waals surface area contributed by atoms with Gasteiger partial charge in [-0.25, -0.2) is 0 Å². The summed E-state index contributed by atoms with van der Waals surface area (Å²) in [5.74, 6) is 0. The molecule has 2 fully saturated rings. The third-order valence-electron chi connectivity index (χ3n) is 4.84. The number of benzene rings is 1. The standard InChI is InChI=1S/C15H18Cl3N/c16-10-8-11(17)14(12(18)9-10)19-13-4-7-15(13)5-2-1-3-6-15/h8-9,13,19H,1-7H2. The van der Waals surface area contributed by atoms with Crippen LogP contribution in [0.4, 0.5) is 5.69 Å². The van der Waals surface area contributed by atoms with Crippen LogP contribution in [0, 0.1) is 5.41 Å². The normalized spacial score (nSPS) is 25.1. The van der Waals surface area contributed by atoms with Crippen molar-refractivity contribution in [3.05, 3.63) is 27.2 Å². The van der Waals surface area contributed by atoms with Crippen LogP contribution in [-0.2, 0) is 0 Å². The van der Waals surface area contributed by atoms with Crippen LogP contribution in [0.3, 0.4) is 0 Å². The van der Waals surface area contributed by atoms with Gasteiger partial charge < -0.3 is 5.32 Å². The van der Waals surface area contributed by atoms with Gasteiger partial charge >= 0.3 is 0 Å². The molecule has 1 nitrogen and oxygen atoms in total. The van der Waals surface area contributed by atoms with Crippen molar-refractivity contribution < 1.29 is 0 Å². The van der Waals surface area contributed by atoms with Gasteiger partial charge in [-0.2, -0.15) is 0 Å². The van der Waals surface area contributed by atoms with Crippen molar-refractivity contribution in [1.82, 2.24) is 0 Å². The van der Waals surface area contributed by atoms with Crippen LogP contribution in [0.5, 0.6) is 0 Å². The van der Waals surface area contributed by atoms with Crippen molar-refractivity contribution in [3.63, 3.8) is 0 Å². The molecular weight excluding hydrogens is 301 g/mol. The van der Waals surface area contributed by atoms with Crippen LogP contribution < -0.4 is 5.32 Å². The summed E-state index contributed by atoms with van der Waals surface area (Å²) in [5.41, 5.74) is 1.34. The molecule has 2 aliphatic carbocycles. The third kappa shape index (κ3) is 2.57. The van der Waals surface area contributed by atoms with Gasteiger partial charge in [0.05, 0.1) is 15.7 Å². The molecule has 0 radical (unpaired) electrons. The monoisotopic (exact) mass is 317 g/mol. The number of anilines is 1. The zero-order valence-corrected chi connectivity index (χ0v) is 13.1. The van der Waals surface area contributed by atoms with E-state index in [9.17, 15) is 0 Å². The lowest BCUT2D eigenvalue weighted by Crippen LogP contribution is -2.50. The van der Waals surface area contributed by atoms with Crippen molar-refractivity contribution in [2.45, 2.75) is 51.0 Å². The zero-order chi connectivity index (χ0) is 13.5. The maximum absolute atomic E-state index is 6.26. The minimum Gasteiger partial charge on any atom is -0.379 e. The first-order valence-corrected chi connectivity index (χ1v) is 8.15. The van der Waals surface area contributed by atoms with E-state index in [1.807, 2.05) is 0 Å². The summed E-state index contributed by atoms with van der Waals surface area (Å²) in [5, 5.41) is 5.41. The molecule has 19 heavy (non-hydrogen) atoms. The van der Waals surface area contributed by atoms with Crippen LogP contribution >= 0.6 is 34.8 Å². The molecule has 1 unspecified atom stereocenters. The average Bonchev–Trinajstić information content (AvgIpc) is 2.37. The van der Waals surface area contributed by atoms with Gasteiger partial charge in [0.15, 0.2) is 0 Å². The molecule has 0 heterocycles. The molecule has 1 N–H and O–H groups in total. The number of hydrogen-bond donors (Lipinski definition) is 1. The largest absolute Gasteiger partial charge is 0.379 e. The molecule has 3 rings (SSSR count). The first-order valence-electron chi connectivity index (χ1n) is 7.02. The average molecular weight is 319 g/mol. The van der Waals surface area contributed by atoms with Crippen molar-refractivity contribution in [2.75, 3.05) is 5.32 Å². The highest BCUT2D eigenvalue weighted by Gasteiger charge is 2.47. The Bertz CT molecular complexity index is 457. The summed E-state index contributed by atoms with van der Waals surface area (Å²) in [6.45, 7) is 0. The Morgan fingerprint density at radius 3 is 2.11 bits per heavy atom. The highest BCUT2D eigenvalue weighted by Crippen LogP contribution is 2.53. The van der Waals surface area contributed by atoms with Crippen molar-refractivity contribution in [2.24, 2.45) is 5.41 Å². The van der Waals surface area contributed by atoms with Gasteiger partial charge in [0.2, 0.25) is 0 Å². The lowest BCUT2D eigenvalue weighted by Gasteiger charge is -2.53. The SMILES string of the molecule is Clc1cc(Cl)c(NC2CCC23CCCCC3)c(Cl)c1. The molecule has 2 saturated carbocycles. The summed E-state index contributed by atoms with van der Waals surface area (Å²) >= 11 is 18.5. The number of halogens is 3. The Morgan fingerprint density at radius 2 is 1.58 bits per heavy atom. The second kappa shape index (κ2) is 5.35. The minimum atomic E-state index is 0.491. The van der Waals surface area contributed by atoms with Gasteiger partial charge in [0.25, 0.3) is 0 Å². The van der Waals surface area contributed by atoms with Crippen LogP contribution in [0.1, 0.15) is 44.9 Å². The van der Waals surface area contributed by atoms with E-state index in [-0.39, 0.29) is 0 Å². The molecule has 1 aromatic rings. The van der Waals surface area contributed by atoms with Crippen molar-refractivity contribution in [3.8, 4) is 0 Å². The van der Waals surface area contributed by atoms with E-state index < -0.39 is 0 Å².